The second-order valence-electron chi connectivity index (χ2n) is 6.37. The Morgan fingerprint density at radius 1 is 1.00 bits per heavy atom. The van der Waals surface area contributed by atoms with Crippen molar-refractivity contribution in [3.63, 3.8) is 0 Å². The van der Waals surface area contributed by atoms with E-state index in [0.717, 1.165) is 38.5 Å². The van der Waals surface area contributed by atoms with Gasteiger partial charge in [-0.3, -0.25) is 0 Å². The Balaban J connectivity index is 2.16. The van der Waals surface area contributed by atoms with Crippen LogP contribution in [0.5, 0.6) is 0 Å². The van der Waals surface area contributed by atoms with Crippen LogP contribution in [-0.2, 0) is 4.74 Å². The average molecular weight is 329 g/mol. The first-order valence-electron chi connectivity index (χ1n) is 8.29. The van der Waals surface area contributed by atoms with Crippen LogP contribution in [0, 0.1) is 13.8 Å². The molecule has 0 radical (unpaired) electrons. The van der Waals surface area contributed by atoms with Crippen molar-refractivity contribution in [1.82, 2.24) is 4.98 Å². The molecule has 0 aliphatic carbocycles. The van der Waals surface area contributed by atoms with E-state index in [-0.39, 0.29) is 5.97 Å². The van der Waals surface area contributed by atoms with Crippen LogP contribution in [0.15, 0.2) is 54.6 Å². The minimum atomic E-state index is -0.314. The van der Waals surface area contributed by atoms with Gasteiger partial charge in [0.25, 0.3) is 0 Å². The van der Waals surface area contributed by atoms with E-state index < -0.39 is 0 Å². The van der Waals surface area contributed by atoms with Crippen molar-refractivity contribution in [3.05, 3.63) is 71.3 Å². The number of benzene rings is 3. The number of para-hydroxylation sites is 1. The van der Waals surface area contributed by atoms with Gasteiger partial charge in [0.15, 0.2) is 0 Å². The Kier molecular flexibility index (Phi) is 3.57. The van der Waals surface area contributed by atoms with Crippen molar-refractivity contribution in [2.75, 3.05) is 7.11 Å². The first kappa shape index (κ1) is 15.5. The average Bonchev–Trinajstić information content (AvgIpc) is 3.03. The second-order valence-corrected chi connectivity index (χ2v) is 6.37. The summed E-state index contributed by atoms with van der Waals surface area (Å²) >= 11 is 0. The lowest BCUT2D eigenvalue weighted by Crippen LogP contribution is -2.05. The third kappa shape index (κ3) is 2.40. The number of nitrogens with one attached hydrogen (secondary N) is 1. The monoisotopic (exact) mass is 329 g/mol. The van der Waals surface area contributed by atoms with Crippen LogP contribution in [-0.4, -0.2) is 18.1 Å². The summed E-state index contributed by atoms with van der Waals surface area (Å²) in [6, 6.07) is 18.6. The van der Waals surface area contributed by atoms with Crippen molar-refractivity contribution in [2.24, 2.45) is 0 Å². The van der Waals surface area contributed by atoms with Crippen LogP contribution in [0.25, 0.3) is 32.9 Å². The number of esters is 1. The zero-order chi connectivity index (χ0) is 17.6. The Labute approximate surface area is 146 Å². The molecule has 0 atom stereocenters. The van der Waals surface area contributed by atoms with E-state index in [1.807, 2.05) is 25.1 Å². The molecule has 4 rings (SSSR count). The quantitative estimate of drug-likeness (QED) is 0.501. The molecule has 1 N–H and O–H groups in total. The molecule has 1 heterocycles. The van der Waals surface area contributed by atoms with E-state index in [4.69, 9.17) is 4.74 Å². The number of aromatic nitrogens is 1. The van der Waals surface area contributed by atoms with E-state index in [0.29, 0.717) is 5.56 Å². The van der Waals surface area contributed by atoms with Crippen LogP contribution in [0.4, 0.5) is 0 Å². The van der Waals surface area contributed by atoms with Crippen molar-refractivity contribution in [1.29, 1.82) is 0 Å². The Bertz CT molecular complexity index is 1100. The third-order valence-electron chi connectivity index (χ3n) is 4.81. The molecule has 3 nitrogen and oxygen atoms in total. The highest BCUT2D eigenvalue weighted by atomic mass is 16.5. The Morgan fingerprint density at radius 3 is 2.44 bits per heavy atom. The van der Waals surface area contributed by atoms with Crippen molar-refractivity contribution < 1.29 is 9.53 Å². The lowest BCUT2D eigenvalue weighted by molar-refractivity contribution is 0.0600. The molecule has 0 amide bonds. The van der Waals surface area contributed by atoms with E-state index >= 15 is 0 Å². The number of hydrogen-bond donors (Lipinski definition) is 1. The second kappa shape index (κ2) is 5.78. The van der Waals surface area contributed by atoms with E-state index in [1.54, 1.807) is 0 Å². The first-order chi connectivity index (χ1) is 12.1. The highest BCUT2D eigenvalue weighted by Gasteiger charge is 2.19. The van der Waals surface area contributed by atoms with E-state index in [9.17, 15) is 4.79 Å². The zero-order valence-corrected chi connectivity index (χ0v) is 14.5. The molecule has 0 aliphatic heterocycles. The normalized spacial score (nSPS) is 11.2. The standard InChI is InChI=1S/C22H19NO2/c1-13-8-10-15(11-9-13)18-12-17(22(24)25-3)14(2)21-20(18)16-6-4-5-7-19(16)23-21/h4-12,23H,1-3H3. The molecular formula is C22H19NO2. The smallest absolute Gasteiger partial charge is 0.338 e. The molecule has 0 aliphatic rings. The molecule has 124 valence electrons. The highest BCUT2D eigenvalue weighted by molar-refractivity contribution is 6.17. The number of hydrogen-bond acceptors (Lipinski definition) is 2. The Morgan fingerprint density at radius 2 is 1.72 bits per heavy atom. The fourth-order valence-electron chi connectivity index (χ4n) is 3.45. The first-order valence-corrected chi connectivity index (χ1v) is 8.29. The molecule has 0 unspecified atom stereocenters. The third-order valence-corrected chi connectivity index (χ3v) is 4.81. The topological polar surface area (TPSA) is 42.1 Å². The zero-order valence-electron chi connectivity index (χ0n) is 14.5. The predicted octanol–water partition coefficient (Wildman–Crippen LogP) is 5.39. The number of methoxy groups -OCH3 is 1. The van der Waals surface area contributed by atoms with Gasteiger partial charge in [0.1, 0.15) is 0 Å². The fraction of sp³-hybridized carbons (Fsp3) is 0.136. The van der Waals surface area contributed by atoms with Crippen LogP contribution in [0.3, 0.4) is 0 Å². The number of ether oxygens (including phenoxy) is 1. The molecule has 0 spiro atoms. The molecule has 0 fully saturated rings. The molecule has 0 saturated carbocycles. The van der Waals surface area contributed by atoms with Gasteiger partial charge in [-0.25, -0.2) is 4.79 Å². The number of carbonyl (C=O) groups excluding carboxylic acids is 1. The van der Waals surface area contributed by atoms with Gasteiger partial charge in [-0.2, -0.15) is 0 Å². The molecule has 0 saturated heterocycles. The summed E-state index contributed by atoms with van der Waals surface area (Å²) in [6.07, 6.45) is 0. The minimum Gasteiger partial charge on any atom is -0.465 e. The molecule has 25 heavy (non-hydrogen) atoms. The summed E-state index contributed by atoms with van der Waals surface area (Å²) in [5.41, 5.74) is 6.89. The van der Waals surface area contributed by atoms with Crippen molar-refractivity contribution in [2.45, 2.75) is 13.8 Å². The number of carbonyl (C=O) groups is 1. The number of fused-ring (bicyclic) bond motifs is 3. The summed E-state index contributed by atoms with van der Waals surface area (Å²) in [7, 11) is 1.42. The maximum Gasteiger partial charge on any atom is 0.338 e. The van der Waals surface area contributed by atoms with Crippen LogP contribution >= 0.6 is 0 Å². The van der Waals surface area contributed by atoms with E-state index in [1.165, 1.54) is 12.7 Å². The Hall–Kier alpha value is -3.07. The summed E-state index contributed by atoms with van der Waals surface area (Å²) < 4.78 is 5.00. The fourth-order valence-corrected chi connectivity index (χ4v) is 3.45. The van der Waals surface area contributed by atoms with Gasteiger partial charge in [-0.15, -0.1) is 0 Å². The molecule has 4 aromatic rings. The number of aryl methyl sites for hydroxylation is 2. The van der Waals surface area contributed by atoms with Gasteiger partial charge in [0.05, 0.1) is 18.2 Å². The predicted molar refractivity (Wildman–Crippen MR) is 102 cm³/mol. The molecule has 1 aromatic heterocycles. The number of rotatable bonds is 2. The summed E-state index contributed by atoms with van der Waals surface area (Å²) in [6.45, 7) is 4.03. The van der Waals surface area contributed by atoms with Gasteiger partial charge in [0.2, 0.25) is 0 Å². The summed E-state index contributed by atoms with van der Waals surface area (Å²) in [5, 5.41) is 2.30. The maximum absolute atomic E-state index is 12.3. The van der Waals surface area contributed by atoms with Gasteiger partial charge < -0.3 is 9.72 Å². The lowest BCUT2D eigenvalue weighted by Gasteiger charge is -2.11. The van der Waals surface area contributed by atoms with E-state index in [2.05, 4.69) is 48.3 Å². The van der Waals surface area contributed by atoms with Gasteiger partial charge in [-0.1, -0.05) is 48.0 Å². The lowest BCUT2D eigenvalue weighted by atomic mass is 9.93. The van der Waals surface area contributed by atoms with Crippen LogP contribution in [0.1, 0.15) is 21.5 Å². The van der Waals surface area contributed by atoms with Crippen molar-refractivity contribution in [3.8, 4) is 11.1 Å². The number of aromatic amines is 1. The molecular weight excluding hydrogens is 310 g/mol. The van der Waals surface area contributed by atoms with Gasteiger partial charge in [0, 0.05) is 16.3 Å². The molecule has 3 aromatic carbocycles. The molecule has 3 heteroatoms. The highest BCUT2D eigenvalue weighted by Crippen LogP contribution is 2.38. The van der Waals surface area contributed by atoms with Crippen LogP contribution in [0.2, 0.25) is 0 Å². The van der Waals surface area contributed by atoms with Gasteiger partial charge in [-0.05, 0) is 42.7 Å². The molecule has 0 bridgehead atoms. The van der Waals surface area contributed by atoms with Crippen LogP contribution < -0.4 is 0 Å². The summed E-state index contributed by atoms with van der Waals surface area (Å²) in [5.74, 6) is -0.314. The van der Waals surface area contributed by atoms with Crippen molar-refractivity contribution >= 4 is 27.8 Å². The minimum absolute atomic E-state index is 0.314. The summed E-state index contributed by atoms with van der Waals surface area (Å²) in [4.78, 5) is 15.8. The SMILES string of the molecule is COC(=O)c1cc(-c2ccc(C)cc2)c2c([nH]c3ccccc32)c1C. The van der Waals surface area contributed by atoms with Gasteiger partial charge >= 0.3 is 5.97 Å². The number of H-pyrrole nitrogens is 1. The maximum atomic E-state index is 12.3. The largest absolute Gasteiger partial charge is 0.465 e.